The van der Waals surface area contributed by atoms with Crippen molar-refractivity contribution in [1.29, 1.82) is 0 Å². The van der Waals surface area contributed by atoms with Gasteiger partial charge in [0.1, 0.15) is 17.5 Å². The molecule has 0 radical (unpaired) electrons. The van der Waals surface area contributed by atoms with E-state index in [4.69, 9.17) is 25.5 Å². The van der Waals surface area contributed by atoms with Gasteiger partial charge in [0.2, 0.25) is 11.8 Å². The zero-order valence-corrected chi connectivity index (χ0v) is 18.7. The summed E-state index contributed by atoms with van der Waals surface area (Å²) in [6.07, 6.45) is 0. The molecule has 3 aromatic carbocycles. The van der Waals surface area contributed by atoms with Crippen molar-refractivity contribution in [3.05, 3.63) is 89.3 Å². The van der Waals surface area contributed by atoms with E-state index in [1.54, 1.807) is 12.1 Å². The van der Waals surface area contributed by atoms with Crippen molar-refractivity contribution in [2.75, 3.05) is 19.5 Å². The van der Waals surface area contributed by atoms with Gasteiger partial charge in [0.25, 0.3) is 0 Å². The highest BCUT2D eigenvalue weighted by atomic mass is 35.5. The van der Waals surface area contributed by atoms with Gasteiger partial charge in [0.05, 0.1) is 24.9 Å². The Morgan fingerprint density at radius 1 is 0.939 bits per heavy atom. The van der Waals surface area contributed by atoms with Gasteiger partial charge in [-0.15, -0.1) is 10.2 Å². The van der Waals surface area contributed by atoms with E-state index in [2.05, 4.69) is 20.8 Å². The first-order valence-corrected chi connectivity index (χ1v) is 10.4. The number of aromatic nitrogens is 2. The minimum Gasteiger partial charge on any atom is -0.495 e. The number of halogens is 1. The molecule has 0 saturated heterocycles. The predicted octanol–water partition coefficient (Wildman–Crippen LogP) is 5.32. The normalized spacial score (nSPS) is 11.5. The van der Waals surface area contributed by atoms with E-state index >= 15 is 0 Å². The van der Waals surface area contributed by atoms with E-state index in [0.29, 0.717) is 28.1 Å². The number of hydrogen-bond acceptors (Lipinski definition) is 6. The number of ether oxygens (including phenoxy) is 2. The summed E-state index contributed by atoms with van der Waals surface area (Å²) >= 11 is 6.21. The molecule has 0 spiro atoms. The van der Waals surface area contributed by atoms with Crippen molar-refractivity contribution in [1.82, 2.24) is 15.5 Å². The van der Waals surface area contributed by atoms with Crippen LogP contribution in [0.25, 0.3) is 11.5 Å². The fraction of sp³-hybridized carbons (Fsp3) is 0.125. The summed E-state index contributed by atoms with van der Waals surface area (Å²) in [7, 11) is 2.99. The summed E-state index contributed by atoms with van der Waals surface area (Å²) in [5, 5.41) is 14.3. The topological polar surface area (TPSA) is 98.5 Å². The van der Waals surface area contributed by atoms with Crippen molar-refractivity contribution < 1.29 is 18.7 Å². The molecule has 0 aliphatic carbocycles. The third-order valence-corrected chi connectivity index (χ3v) is 5.13. The second kappa shape index (κ2) is 10.1. The molecule has 1 atom stereocenters. The molecule has 0 unspecified atom stereocenters. The average Bonchev–Trinajstić information content (AvgIpc) is 3.34. The summed E-state index contributed by atoms with van der Waals surface area (Å²) < 4.78 is 16.5. The molecule has 0 saturated carbocycles. The third-order valence-electron chi connectivity index (χ3n) is 4.84. The first-order valence-electron chi connectivity index (χ1n) is 10.0. The number of hydrogen-bond donors (Lipinski definition) is 2. The van der Waals surface area contributed by atoms with Crippen molar-refractivity contribution in [2.45, 2.75) is 6.04 Å². The van der Waals surface area contributed by atoms with E-state index in [-0.39, 0.29) is 5.89 Å². The van der Waals surface area contributed by atoms with Crippen molar-refractivity contribution >= 4 is 23.3 Å². The van der Waals surface area contributed by atoms with Crippen LogP contribution in [0.3, 0.4) is 0 Å². The van der Waals surface area contributed by atoms with E-state index in [9.17, 15) is 4.79 Å². The number of nitrogens with zero attached hydrogens (tertiary/aromatic N) is 2. The van der Waals surface area contributed by atoms with E-state index in [1.165, 1.54) is 14.2 Å². The Labute approximate surface area is 195 Å². The highest BCUT2D eigenvalue weighted by molar-refractivity contribution is 6.32. The summed E-state index contributed by atoms with van der Waals surface area (Å²) in [5.74, 6) is 1.43. The van der Waals surface area contributed by atoms with Gasteiger partial charge < -0.3 is 24.5 Å². The van der Waals surface area contributed by atoms with Gasteiger partial charge >= 0.3 is 6.03 Å². The van der Waals surface area contributed by atoms with Gasteiger partial charge in [-0.05, 0) is 23.8 Å². The van der Waals surface area contributed by atoms with Gasteiger partial charge in [0.15, 0.2) is 0 Å². The summed E-state index contributed by atoms with van der Waals surface area (Å²) in [6, 6.07) is 20.7. The van der Waals surface area contributed by atoms with Gasteiger partial charge in [-0.25, -0.2) is 4.79 Å². The van der Waals surface area contributed by atoms with Crippen LogP contribution >= 0.6 is 11.6 Å². The average molecular weight is 465 g/mol. The number of urea groups is 1. The van der Waals surface area contributed by atoms with E-state index in [1.807, 2.05) is 60.7 Å². The second-order valence-electron chi connectivity index (χ2n) is 6.94. The lowest BCUT2D eigenvalue weighted by molar-refractivity contribution is 0.248. The highest BCUT2D eigenvalue weighted by Crippen LogP contribution is 2.36. The lowest BCUT2D eigenvalue weighted by atomic mass is 10.1. The molecule has 1 aromatic heterocycles. The Kier molecular flexibility index (Phi) is 6.75. The Bertz CT molecular complexity index is 1230. The third kappa shape index (κ3) is 5.07. The van der Waals surface area contributed by atoms with Crippen LogP contribution in [0.1, 0.15) is 17.5 Å². The van der Waals surface area contributed by atoms with Crippen LogP contribution in [-0.4, -0.2) is 30.4 Å². The maximum Gasteiger partial charge on any atom is 0.320 e. The van der Waals surface area contributed by atoms with Crippen LogP contribution in [0.5, 0.6) is 11.5 Å². The number of rotatable bonds is 7. The largest absolute Gasteiger partial charge is 0.495 e. The smallest absolute Gasteiger partial charge is 0.320 e. The first kappa shape index (κ1) is 22.2. The molecule has 1 heterocycles. The molecular formula is C24H21ClN4O4. The molecule has 0 fully saturated rings. The standard InChI is InChI=1S/C24H21ClN4O4/c1-31-19-14-20(32-2)18(13-17(19)25)26-24(30)27-21(15-9-5-3-6-10-15)23-29-28-22(33-23)16-11-7-4-8-12-16/h3-14,21H,1-2H3,(H2,26,27,30)/t21-/m1/s1. The minimum atomic E-state index is -0.684. The number of amides is 2. The van der Waals surface area contributed by atoms with Crippen molar-refractivity contribution in [3.8, 4) is 23.0 Å². The van der Waals surface area contributed by atoms with Gasteiger partial charge in [-0.1, -0.05) is 60.1 Å². The predicted molar refractivity (Wildman–Crippen MR) is 125 cm³/mol. The molecular weight excluding hydrogens is 444 g/mol. The Balaban J connectivity index is 1.60. The van der Waals surface area contributed by atoms with Crippen LogP contribution < -0.4 is 20.1 Å². The highest BCUT2D eigenvalue weighted by Gasteiger charge is 2.24. The van der Waals surface area contributed by atoms with Gasteiger partial charge in [-0.2, -0.15) is 0 Å². The Morgan fingerprint density at radius 2 is 1.61 bits per heavy atom. The minimum absolute atomic E-state index is 0.245. The molecule has 0 aliphatic heterocycles. The maximum atomic E-state index is 12.9. The monoisotopic (exact) mass is 464 g/mol. The number of anilines is 1. The fourth-order valence-electron chi connectivity index (χ4n) is 3.23. The van der Waals surface area contributed by atoms with Gasteiger partial charge in [0, 0.05) is 11.6 Å². The van der Waals surface area contributed by atoms with Crippen LogP contribution in [0.15, 0.2) is 77.2 Å². The van der Waals surface area contributed by atoms with E-state index in [0.717, 1.165) is 11.1 Å². The van der Waals surface area contributed by atoms with Crippen LogP contribution in [0.2, 0.25) is 5.02 Å². The maximum absolute atomic E-state index is 12.9. The number of benzene rings is 3. The van der Waals surface area contributed by atoms with Crippen LogP contribution in [-0.2, 0) is 0 Å². The molecule has 9 heteroatoms. The lowest BCUT2D eigenvalue weighted by Crippen LogP contribution is -2.33. The SMILES string of the molecule is COc1cc(OC)c(NC(=O)N[C@H](c2ccccc2)c2nnc(-c3ccccc3)o2)cc1Cl. The second-order valence-corrected chi connectivity index (χ2v) is 7.35. The molecule has 33 heavy (non-hydrogen) atoms. The molecule has 2 amide bonds. The zero-order valence-electron chi connectivity index (χ0n) is 17.9. The zero-order chi connectivity index (χ0) is 23.2. The molecule has 8 nitrogen and oxygen atoms in total. The van der Waals surface area contributed by atoms with Crippen molar-refractivity contribution in [3.63, 3.8) is 0 Å². The molecule has 4 rings (SSSR count). The Morgan fingerprint density at radius 3 is 2.27 bits per heavy atom. The summed E-state index contributed by atoms with van der Waals surface area (Å²) in [4.78, 5) is 12.9. The van der Waals surface area contributed by atoms with Crippen molar-refractivity contribution in [2.24, 2.45) is 0 Å². The number of nitrogens with one attached hydrogen (secondary N) is 2. The quantitative estimate of drug-likeness (QED) is 0.384. The fourth-order valence-corrected chi connectivity index (χ4v) is 3.47. The summed E-state index contributed by atoms with van der Waals surface area (Å²) in [5.41, 5.74) is 1.93. The number of methoxy groups -OCH3 is 2. The van der Waals surface area contributed by atoms with E-state index < -0.39 is 12.1 Å². The molecule has 0 aliphatic rings. The lowest BCUT2D eigenvalue weighted by Gasteiger charge is -2.18. The van der Waals surface area contributed by atoms with Crippen LogP contribution in [0, 0.1) is 0 Å². The summed E-state index contributed by atoms with van der Waals surface area (Å²) in [6.45, 7) is 0. The molecule has 168 valence electrons. The number of carbonyl (C=O) groups excluding carboxylic acids is 1. The number of carbonyl (C=O) groups is 1. The molecule has 2 N–H and O–H groups in total. The Hall–Kier alpha value is -4.04. The molecule has 4 aromatic rings. The van der Waals surface area contributed by atoms with Crippen LogP contribution in [0.4, 0.5) is 10.5 Å². The first-order chi connectivity index (χ1) is 16.1. The van der Waals surface area contributed by atoms with Gasteiger partial charge in [-0.3, -0.25) is 0 Å². The molecule has 0 bridgehead atoms.